The van der Waals surface area contributed by atoms with E-state index in [1.807, 2.05) is 30.3 Å². The van der Waals surface area contributed by atoms with Crippen LogP contribution < -0.4 is 10.6 Å². The van der Waals surface area contributed by atoms with Gasteiger partial charge in [-0.05, 0) is 26.0 Å². The highest BCUT2D eigenvalue weighted by molar-refractivity contribution is 6.06. The number of hydrogen-bond acceptors (Lipinski definition) is 3. The lowest BCUT2D eigenvalue weighted by molar-refractivity contribution is -0.129. The quantitative estimate of drug-likeness (QED) is 0.775. The number of imide groups is 1. The van der Waals surface area contributed by atoms with Crippen LogP contribution in [0.15, 0.2) is 30.3 Å². The van der Waals surface area contributed by atoms with E-state index in [9.17, 15) is 9.59 Å². The molecule has 0 unspecified atom stereocenters. The summed E-state index contributed by atoms with van der Waals surface area (Å²) in [6.07, 6.45) is 0. The van der Waals surface area contributed by atoms with E-state index in [2.05, 4.69) is 10.6 Å². The zero-order valence-electron chi connectivity index (χ0n) is 9.86. The molecule has 1 aliphatic rings. The summed E-state index contributed by atoms with van der Waals surface area (Å²) in [4.78, 5) is 24.6. The molecule has 5 nitrogen and oxygen atoms in total. The maximum atomic E-state index is 11.9. The van der Waals surface area contributed by atoms with Crippen LogP contribution in [-0.4, -0.2) is 29.0 Å². The highest BCUT2D eigenvalue weighted by atomic mass is 16.2. The molecule has 2 N–H and O–H groups in total. The minimum Gasteiger partial charge on any atom is -0.367 e. The Morgan fingerprint density at radius 1 is 1.24 bits per heavy atom. The van der Waals surface area contributed by atoms with Crippen molar-refractivity contribution in [3.63, 3.8) is 0 Å². The lowest BCUT2D eigenvalue weighted by Gasteiger charge is -2.16. The minimum absolute atomic E-state index is 0.179. The Bertz CT molecular complexity index is 442. The summed E-state index contributed by atoms with van der Waals surface area (Å²) in [7, 11) is 0. The van der Waals surface area contributed by atoms with Crippen LogP contribution in [0.2, 0.25) is 0 Å². The van der Waals surface area contributed by atoms with Crippen molar-refractivity contribution in [1.82, 2.24) is 10.2 Å². The van der Waals surface area contributed by atoms with Crippen LogP contribution >= 0.6 is 0 Å². The predicted molar refractivity (Wildman–Crippen MR) is 64.4 cm³/mol. The molecule has 0 aromatic heterocycles. The number of nitrogens with one attached hydrogen (secondary N) is 2. The van der Waals surface area contributed by atoms with Crippen LogP contribution in [0.25, 0.3) is 0 Å². The van der Waals surface area contributed by atoms with Gasteiger partial charge < -0.3 is 10.6 Å². The minimum atomic E-state index is -0.810. The van der Waals surface area contributed by atoms with Crippen molar-refractivity contribution < 1.29 is 9.59 Å². The lowest BCUT2D eigenvalue weighted by Crippen LogP contribution is -2.41. The number of anilines is 1. The van der Waals surface area contributed by atoms with E-state index < -0.39 is 5.54 Å². The monoisotopic (exact) mass is 233 g/mol. The van der Waals surface area contributed by atoms with Gasteiger partial charge in [-0.2, -0.15) is 0 Å². The Hall–Kier alpha value is -2.04. The first-order chi connectivity index (χ1) is 8.00. The summed E-state index contributed by atoms with van der Waals surface area (Å²) in [5, 5.41) is 5.66. The van der Waals surface area contributed by atoms with E-state index in [4.69, 9.17) is 0 Å². The lowest BCUT2D eigenvalue weighted by atomic mass is 10.1. The number of para-hydroxylation sites is 1. The van der Waals surface area contributed by atoms with Crippen LogP contribution in [0.4, 0.5) is 10.5 Å². The number of nitrogens with zero attached hydrogens (tertiary/aromatic N) is 1. The summed E-state index contributed by atoms with van der Waals surface area (Å²) in [5.41, 5.74) is 0.0629. The molecule has 1 aliphatic heterocycles. The van der Waals surface area contributed by atoms with E-state index in [0.29, 0.717) is 0 Å². The first kappa shape index (κ1) is 11.4. The fourth-order valence-corrected chi connectivity index (χ4v) is 1.69. The van der Waals surface area contributed by atoms with Gasteiger partial charge in [0.1, 0.15) is 5.54 Å². The van der Waals surface area contributed by atoms with Crippen molar-refractivity contribution in [2.24, 2.45) is 0 Å². The van der Waals surface area contributed by atoms with E-state index in [0.717, 1.165) is 5.69 Å². The normalized spacial score (nSPS) is 18.1. The van der Waals surface area contributed by atoms with Crippen LogP contribution in [0.3, 0.4) is 0 Å². The smallest absolute Gasteiger partial charge is 0.326 e. The van der Waals surface area contributed by atoms with Crippen molar-refractivity contribution in [3.8, 4) is 0 Å². The Labute approximate surface area is 99.8 Å². The molecule has 1 heterocycles. The largest absolute Gasteiger partial charge is 0.367 e. The third kappa shape index (κ3) is 2.22. The van der Waals surface area contributed by atoms with Crippen LogP contribution in [-0.2, 0) is 4.79 Å². The molecule has 5 heteroatoms. The summed E-state index contributed by atoms with van der Waals surface area (Å²) < 4.78 is 0. The van der Waals surface area contributed by atoms with Gasteiger partial charge in [0, 0.05) is 5.69 Å². The van der Waals surface area contributed by atoms with Crippen LogP contribution in [0.1, 0.15) is 13.8 Å². The molecule has 90 valence electrons. The Kier molecular flexibility index (Phi) is 2.75. The predicted octanol–water partition coefficient (Wildman–Crippen LogP) is 1.39. The van der Waals surface area contributed by atoms with Gasteiger partial charge in [0.15, 0.2) is 0 Å². The number of rotatable bonds is 3. The van der Waals surface area contributed by atoms with Gasteiger partial charge in [0.05, 0.1) is 6.67 Å². The molecule has 3 amide bonds. The number of carbonyl (C=O) groups is 2. The Morgan fingerprint density at radius 2 is 1.88 bits per heavy atom. The third-order valence-electron chi connectivity index (χ3n) is 2.66. The molecule has 1 aromatic carbocycles. The van der Waals surface area contributed by atoms with E-state index in [-0.39, 0.29) is 18.6 Å². The first-order valence-electron chi connectivity index (χ1n) is 5.44. The average Bonchev–Trinajstić information content (AvgIpc) is 2.48. The van der Waals surface area contributed by atoms with E-state index in [1.165, 1.54) is 4.90 Å². The standard InChI is InChI=1S/C12H15N3O2/c1-12(2)10(16)15(11(17)14-12)8-13-9-6-4-3-5-7-9/h3-7,13H,8H2,1-2H3,(H,14,17). The van der Waals surface area contributed by atoms with Gasteiger partial charge in [-0.15, -0.1) is 0 Å². The fraction of sp³-hybridized carbons (Fsp3) is 0.333. The molecule has 1 fully saturated rings. The molecule has 0 saturated carbocycles. The van der Waals surface area contributed by atoms with Crippen molar-refractivity contribution >= 4 is 17.6 Å². The summed E-state index contributed by atoms with van der Waals surface area (Å²) in [5.74, 6) is -0.217. The van der Waals surface area contributed by atoms with Gasteiger partial charge >= 0.3 is 6.03 Å². The van der Waals surface area contributed by atoms with E-state index >= 15 is 0 Å². The van der Waals surface area contributed by atoms with Crippen molar-refractivity contribution in [3.05, 3.63) is 30.3 Å². The number of urea groups is 1. The van der Waals surface area contributed by atoms with Crippen LogP contribution in [0, 0.1) is 0 Å². The summed E-state index contributed by atoms with van der Waals surface area (Å²) in [6.45, 7) is 3.56. The summed E-state index contributed by atoms with van der Waals surface area (Å²) >= 11 is 0. The highest BCUT2D eigenvalue weighted by Gasteiger charge is 2.43. The topological polar surface area (TPSA) is 61.4 Å². The van der Waals surface area contributed by atoms with Gasteiger partial charge in [-0.25, -0.2) is 9.69 Å². The molecule has 0 atom stereocenters. The van der Waals surface area contributed by atoms with Crippen molar-refractivity contribution in [2.75, 3.05) is 12.0 Å². The molecular weight excluding hydrogens is 218 g/mol. The second kappa shape index (κ2) is 4.08. The third-order valence-corrected chi connectivity index (χ3v) is 2.66. The Balaban J connectivity index is 2.01. The second-order valence-corrected chi connectivity index (χ2v) is 4.49. The van der Waals surface area contributed by atoms with Gasteiger partial charge in [-0.3, -0.25) is 4.79 Å². The molecule has 0 bridgehead atoms. The number of benzene rings is 1. The molecule has 0 spiro atoms. The molecule has 0 radical (unpaired) electrons. The average molecular weight is 233 g/mol. The second-order valence-electron chi connectivity index (χ2n) is 4.49. The maximum Gasteiger partial charge on any atom is 0.326 e. The molecule has 2 rings (SSSR count). The molecular formula is C12H15N3O2. The SMILES string of the molecule is CC1(C)NC(=O)N(CNc2ccccc2)C1=O. The highest BCUT2D eigenvalue weighted by Crippen LogP contribution is 2.16. The fourth-order valence-electron chi connectivity index (χ4n) is 1.69. The zero-order valence-corrected chi connectivity index (χ0v) is 9.86. The number of hydrogen-bond donors (Lipinski definition) is 2. The van der Waals surface area contributed by atoms with Crippen molar-refractivity contribution in [1.29, 1.82) is 0 Å². The molecule has 1 aromatic rings. The van der Waals surface area contributed by atoms with Crippen molar-refractivity contribution in [2.45, 2.75) is 19.4 Å². The maximum absolute atomic E-state index is 11.9. The molecule has 0 aliphatic carbocycles. The number of carbonyl (C=O) groups excluding carboxylic acids is 2. The number of amides is 3. The van der Waals surface area contributed by atoms with E-state index in [1.54, 1.807) is 13.8 Å². The first-order valence-corrected chi connectivity index (χ1v) is 5.44. The molecule has 17 heavy (non-hydrogen) atoms. The van der Waals surface area contributed by atoms with Crippen LogP contribution in [0.5, 0.6) is 0 Å². The van der Waals surface area contributed by atoms with Gasteiger partial charge in [-0.1, -0.05) is 18.2 Å². The van der Waals surface area contributed by atoms with Gasteiger partial charge in [0.2, 0.25) is 0 Å². The summed E-state index contributed by atoms with van der Waals surface area (Å²) in [6, 6.07) is 9.08. The van der Waals surface area contributed by atoms with Gasteiger partial charge in [0.25, 0.3) is 5.91 Å². The molecule has 1 saturated heterocycles. The zero-order chi connectivity index (χ0) is 12.5. The Morgan fingerprint density at radius 3 is 2.41 bits per heavy atom.